The summed E-state index contributed by atoms with van der Waals surface area (Å²) >= 11 is 6.42. The highest BCUT2D eigenvalue weighted by Gasteiger charge is 2.54. The zero-order chi connectivity index (χ0) is 25.2. The highest BCUT2D eigenvalue weighted by molar-refractivity contribution is 6.44. The van der Waals surface area contributed by atoms with Crippen molar-refractivity contribution < 1.29 is 8.78 Å². The Hall–Kier alpha value is -2.88. The summed E-state index contributed by atoms with van der Waals surface area (Å²) in [6, 6.07) is 3.37. The molecule has 4 rings (SSSR count). The van der Waals surface area contributed by atoms with Crippen LogP contribution >= 0.6 is 11.6 Å². The summed E-state index contributed by atoms with van der Waals surface area (Å²) in [7, 11) is 0. The summed E-state index contributed by atoms with van der Waals surface area (Å²) in [5, 5.41) is 6.81. The van der Waals surface area contributed by atoms with Crippen molar-refractivity contribution in [1.82, 2.24) is 25.3 Å². The van der Waals surface area contributed by atoms with E-state index in [1.54, 1.807) is 6.20 Å². The topological polar surface area (TPSA) is 106 Å². The minimum atomic E-state index is -2.55. The minimum absolute atomic E-state index is 0.330. The Morgan fingerprint density at radius 2 is 2.09 bits per heavy atom. The number of alkyl halides is 2. The SMILES string of the molecule is Cc1ccc(C(NCC2=CCC/C(Cl)=c3/ncncc3=C2)/C(N)=C/N(N)C2(C(F)F)CC2)c(C)n1. The van der Waals surface area contributed by atoms with Crippen molar-refractivity contribution >= 4 is 22.7 Å². The van der Waals surface area contributed by atoms with E-state index in [9.17, 15) is 8.78 Å². The molecule has 7 nitrogen and oxygen atoms in total. The number of allylic oxidation sites excluding steroid dienone is 1. The Morgan fingerprint density at radius 1 is 1.31 bits per heavy atom. The van der Waals surface area contributed by atoms with Crippen molar-refractivity contribution in [3.63, 3.8) is 0 Å². The van der Waals surface area contributed by atoms with Crippen molar-refractivity contribution in [1.29, 1.82) is 0 Å². The third-order valence-electron chi connectivity index (χ3n) is 6.50. The smallest absolute Gasteiger partial charge is 0.262 e. The van der Waals surface area contributed by atoms with E-state index in [4.69, 9.17) is 23.2 Å². The number of aromatic nitrogens is 3. The number of rotatable bonds is 8. The van der Waals surface area contributed by atoms with Gasteiger partial charge in [0.15, 0.2) is 0 Å². The lowest BCUT2D eigenvalue weighted by molar-refractivity contribution is 0.0304. The third kappa shape index (κ3) is 5.52. The molecular formula is C25H30ClF2N7. The van der Waals surface area contributed by atoms with Crippen molar-refractivity contribution in [3.8, 4) is 0 Å². The van der Waals surface area contributed by atoms with Crippen LogP contribution in [0, 0.1) is 13.8 Å². The Morgan fingerprint density at radius 3 is 2.77 bits per heavy atom. The van der Waals surface area contributed by atoms with Gasteiger partial charge in [-0.3, -0.25) is 4.98 Å². The van der Waals surface area contributed by atoms with Gasteiger partial charge in [0.25, 0.3) is 6.43 Å². The van der Waals surface area contributed by atoms with Gasteiger partial charge in [-0.2, -0.15) is 0 Å². The molecule has 5 N–H and O–H groups in total. The van der Waals surface area contributed by atoms with Crippen LogP contribution in [0.4, 0.5) is 8.78 Å². The molecule has 1 saturated carbocycles. The van der Waals surface area contributed by atoms with Crippen LogP contribution in [0.2, 0.25) is 0 Å². The standard InChI is InChI=1S/C25H30ClF2N7/c1-15-6-7-19(16(2)34-15)23(21(29)13-35(30)25(8-9-25)24(27)28)32-11-17-4-3-5-20(26)22-18(10-17)12-31-14-33-22/h4,6-7,10,12-14,23-24,32H,3,5,8-9,11,29-30H2,1-2H3/b17-4?,18-10?,21-13-,22-20-. The van der Waals surface area contributed by atoms with Crippen LogP contribution in [-0.2, 0) is 0 Å². The van der Waals surface area contributed by atoms with Gasteiger partial charge in [-0.25, -0.2) is 24.6 Å². The van der Waals surface area contributed by atoms with Gasteiger partial charge < -0.3 is 16.1 Å². The summed E-state index contributed by atoms with van der Waals surface area (Å²) in [4.78, 5) is 13.0. The number of pyridine rings is 1. The Bertz CT molecular complexity index is 1270. The van der Waals surface area contributed by atoms with E-state index >= 15 is 0 Å². The zero-order valence-corrected chi connectivity index (χ0v) is 20.6. The van der Waals surface area contributed by atoms with Crippen LogP contribution in [0.1, 0.15) is 48.7 Å². The predicted octanol–water partition coefficient (Wildman–Crippen LogP) is 2.44. The maximum atomic E-state index is 13.6. The molecule has 1 fully saturated rings. The number of hydrogen-bond donors (Lipinski definition) is 3. The lowest BCUT2D eigenvalue weighted by atomic mass is 10.0. The molecule has 0 amide bonds. The molecule has 0 spiro atoms. The van der Waals surface area contributed by atoms with Crippen molar-refractivity contribution in [2.45, 2.75) is 57.5 Å². The van der Waals surface area contributed by atoms with E-state index in [0.29, 0.717) is 36.5 Å². The second-order valence-electron chi connectivity index (χ2n) is 9.08. The van der Waals surface area contributed by atoms with Crippen LogP contribution in [0.5, 0.6) is 0 Å². The van der Waals surface area contributed by atoms with Crippen molar-refractivity contribution in [3.05, 3.63) is 75.7 Å². The number of nitrogens with two attached hydrogens (primary N) is 2. The van der Waals surface area contributed by atoms with E-state index in [0.717, 1.165) is 44.5 Å². The summed E-state index contributed by atoms with van der Waals surface area (Å²) in [6.45, 7) is 4.27. The molecular weight excluding hydrogens is 472 g/mol. The minimum Gasteiger partial charge on any atom is -0.399 e. The van der Waals surface area contributed by atoms with E-state index < -0.39 is 18.0 Å². The second kappa shape index (κ2) is 10.4. The van der Waals surface area contributed by atoms with Gasteiger partial charge in [-0.05, 0) is 62.8 Å². The number of hydrogen-bond acceptors (Lipinski definition) is 7. The average Bonchev–Trinajstić information content (AvgIpc) is 3.61. The number of nitrogens with zero attached hydrogens (tertiary/aromatic N) is 4. The van der Waals surface area contributed by atoms with Gasteiger partial charge in [0.05, 0.1) is 11.4 Å². The molecule has 0 bridgehead atoms. The molecule has 2 aromatic heterocycles. The Balaban J connectivity index is 1.65. The number of halogens is 3. The molecule has 0 saturated heterocycles. The molecule has 1 unspecified atom stereocenters. The largest absolute Gasteiger partial charge is 0.399 e. The lowest BCUT2D eigenvalue weighted by Gasteiger charge is -2.28. The van der Waals surface area contributed by atoms with Gasteiger partial charge >= 0.3 is 0 Å². The molecule has 186 valence electrons. The van der Waals surface area contributed by atoms with Crippen LogP contribution in [0.3, 0.4) is 0 Å². The number of hydrazine groups is 1. The molecule has 2 heterocycles. The average molecular weight is 502 g/mol. The molecule has 1 atom stereocenters. The van der Waals surface area contributed by atoms with Crippen LogP contribution in [-0.4, -0.2) is 38.5 Å². The first kappa shape index (κ1) is 25.2. The van der Waals surface area contributed by atoms with Crippen LogP contribution in [0.15, 0.2) is 48.2 Å². The van der Waals surface area contributed by atoms with E-state index in [1.165, 1.54) is 12.5 Å². The summed E-state index contributed by atoms with van der Waals surface area (Å²) in [6.07, 6.45) is 8.27. The lowest BCUT2D eigenvalue weighted by Crippen LogP contribution is -2.45. The molecule has 2 aliphatic carbocycles. The quantitative estimate of drug-likeness (QED) is 0.377. The fourth-order valence-electron chi connectivity index (χ4n) is 4.27. The van der Waals surface area contributed by atoms with Gasteiger partial charge in [-0.1, -0.05) is 23.7 Å². The fourth-order valence-corrected chi connectivity index (χ4v) is 4.53. The highest BCUT2D eigenvalue weighted by Crippen LogP contribution is 2.45. The Kier molecular flexibility index (Phi) is 7.49. The summed E-state index contributed by atoms with van der Waals surface area (Å²) < 4.78 is 27.1. The van der Waals surface area contributed by atoms with Gasteiger partial charge in [0, 0.05) is 46.3 Å². The van der Waals surface area contributed by atoms with Crippen LogP contribution in [0.25, 0.3) is 11.1 Å². The number of aryl methyl sites for hydroxylation is 2. The first-order chi connectivity index (χ1) is 16.7. The first-order valence-electron chi connectivity index (χ1n) is 11.5. The third-order valence-corrected chi connectivity index (χ3v) is 6.87. The highest BCUT2D eigenvalue weighted by atomic mass is 35.5. The molecule has 2 aliphatic rings. The Labute approximate surface area is 208 Å². The number of nitrogens with one attached hydrogen (secondary N) is 1. The fraction of sp³-hybridized carbons (Fsp3) is 0.400. The van der Waals surface area contributed by atoms with Gasteiger partial charge in [0.2, 0.25) is 0 Å². The maximum absolute atomic E-state index is 13.6. The van der Waals surface area contributed by atoms with Crippen molar-refractivity contribution in [2.75, 3.05) is 6.54 Å². The monoisotopic (exact) mass is 501 g/mol. The molecule has 0 aliphatic heterocycles. The van der Waals surface area contributed by atoms with Crippen molar-refractivity contribution in [2.24, 2.45) is 11.6 Å². The van der Waals surface area contributed by atoms with E-state index in [2.05, 4.69) is 26.3 Å². The summed E-state index contributed by atoms with van der Waals surface area (Å²) in [5.41, 5.74) is 9.01. The second-order valence-corrected chi connectivity index (χ2v) is 9.53. The molecule has 0 radical (unpaired) electrons. The van der Waals surface area contributed by atoms with Crippen LogP contribution < -0.4 is 27.5 Å². The molecule has 2 aromatic rings. The molecule has 0 aromatic carbocycles. The first-order valence-corrected chi connectivity index (χ1v) is 11.9. The van der Waals surface area contributed by atoms with Gasteiger partial charge in [-0.15, -0.1) is 0 Å². The predicted molar refractivity (Wildman–Crippen MR) is 133 cm³/mol. The zero-order valence-electron chi connectivity index (χ0n) is 19.8. The van der Waals surface area contributed by atoms with E-state index in [1.807, 2.05) is 32.1 Å². The molecule has 10 heteroatoms. The molecule has 35 heavy (non-hydrogen) atoms. The summed E-state index contributed by atoms with van der Waals surface area (Å²) in [5.74, 6) is 6.04. The number of fused-ring (bicyclic) bond motifs is 1. The van der Waals surface area contributed by atoms with E-state index in [-0.39, 0.29) is 0 Å². The normalized spacial score (nSPS) is 19.7. The van der Waals surface area contributed by atoms with Gasteiger partial charge in [0.1, 0.15) is 11.9 Å². The maximum Gasteiger partial charge on any atom is 0.262 e.